The van der Waals surface area contributed by atoms with Gasteiger partial charge in [-0.1, -0.05) is 25.0 Å². The number of hydrogen-bond donors (Lipinski definition) is 2. The molecular weight excluding hydrogens is 359 g/mol. The van der Waals surface area contributed by atoms with Gasteiger partial charge in [0.2, 0.25) is 0 Å². The topological polar surface area (TPSA) is 44.0 Å². The van der Waals surface area contributed by atoms with Gasteiger partial charge in [0, 0.05) is 24.7 Å². The highest BCUT2D eigenvalue weighted by molar-refractivity contribution is 7.80. The third-order valence-corrected chi connectivity index (χ3v) is 5.43. The highest BCUT2D eigenvalue weighted by atomic mass is 32.1. The number of nitrogens with zero attached hydrogens (tertiary/aromatic N) is 2. The van der Waals surface area contributed by atoms with Crippen molar-refractivity contribution in [3.05, 3.63) is 60.2 Å². The molecule has 4 nitrogen and oxygen atoms in total. The number of halogens is 1. The molecule has 0 atom stereocenters. The zero-order valence-corrected chi connectivity index (χ0v) is 15.9. The number of hydrogen-bond acceptors (Lipinski definition) is 2. The van der Waals surface area contributed by atoms with E-state index in [1.165, 1.54) is 25.0 Å². The van der Waals surface area contributed by atoms with Crippen molar-refractivity contribution in [3.8, 4) is 0 Å². The van der Waals surface area contributed by atoms with Crippen molar-refractivity contribution < 1.29 is 4.39 Å². The number of fused-ring (bicyclic) bond motifs is 1. The molecule has 2 aromatic carbocycles. The molecule has 140 valence electrons. The number of aromatic nitrogens is 2. The molecule has 0 spiro atoms. The lowest BCUT2D eigenvalue weighted by Gasteiger charge is -2.31. The van der Waals surface area contributed by atoms with Gasteiger partial charge in [0.05, 0.1) is 11.0 Å². The third-order valence-electron chi connectivity index (χ3n) is 5.09. The lowest BCUT2D eigenvalue weighted by molar-refractivity contribution is 0.626. The Hall–Kier alpha value is -2.47. The maximum atomic E-state index is 13.3. The van der Waals surface area contributed by atoms with Crippen LogP contribution in [0.4, 0.5) is 10.1 Å². The van der Waals surface area contributed by atoms with E-state index in [0.29, 0.717) is 17.7 Å². The number of H-pyrrole nitrogens is 1. The van der Waals surface area contributed by atoms with Crippen molar-refractivity contribution in [1.29, 1.82) is 0 Å². The molecule has 0 radical (unpaired) electrons. The first-order valence-electron chi connectivity index (χ1n) is 9.47. The van der Waals surface area contributed by atoms with Crippen LogP contribution < -0.4 is 10.2 Å². The summed E-state index contributed by atoms with van der Waals surface area (Å²) in [6.45, 7) is 0.697. The molecule has 0 unspecified atom stereocenters. The summed E-state index contributed by atoms with van der Waals surface area (Å²) in [5.41, 5.74) is 2.98. The van der Waals surface area contributed by atoms with E-state index < -0.39 is 0 Å². The Labute approximate surface area is 163 Å². The van der Waals surface area contributed by atoms with Crippen molar-refractivity contribution in [1.82, 2.24) is 15.3 Å². The van der Waals surface area contributed by atoms with Gasteiger partial charge in [-0.05, 0) is 61.5 Å². The standard InChI is InChI=1S/C21H23FN4S/c22-15-9-11-17(12-10-15)26(16-5-1-2-6-16)21(27)23-14-13-20-24-18-7-3-4-8-19(18)25-20/h3-4,7-12,16H,1-2,5-6,13-14H2,(H,23,27)(H,24,25). The minimum Gasteiger partial charge on any atom is -0.362 e. The largest absolute Gasteiger partial charge is 0.362 e. The Bertz CT molecular complexity index is 882. The molecule has 2 N–H and O–H groups in total. The van der Waals surface area contributed by atoms with Crippen molar-refractivity contribution in [2.75, 3.05) is 11.4 Å². The summed E-state index contributed by atoms with van der Waals surface area (Å²) in [5, 5.41) is 4.07. The molecule has 1 aliphatic carbocycles. The minimum atomic E-state index is -0.228. The van der Waals surface area contributed by atoms with Crippen LogP contribution >= 0.6 is 12.2 Å². The average molecular weight is 383 g/mol. The fourth-order valence-electron chi connectivity index (χ4n) is 3.76. The zero-order valence-electron chi connectivity index (χ0n) is 15.1. The van der Waals surface area contributed by atoms with Crippen LogP contribution in [0.15, 0.2) is 48.5 Å². The number of aromatic amines is 1. The number of benzene rings is 2. The quantitative estimate of drug-likeness (QED) is 0.635. The van der Waals surface area contributed by atoms with Crippen LogP contribution in [-0.2, 0) is 6.42 Å². The number of nitrogens with one attached hydrogen (secondary N) is 2. The van der Waals surface area contributed by atoms with Crippen molar-refractivity contribution in [2.24, 2.45) is 0 Å². The Balaban J connectivity index is 1.42. The van der Waals surface area contributed by atoms with Gasteiger partial charge in [-0.15, -0.1) is 0 Å². The monoisotopic (exact) mass is 382 g/mol. The van der Waals surface area contributed by atoms with Gasteiger partial charge in [-0.25, -0.2) is 9.37 Å². The second kappa shape index (κ2) is 8.05. The zero-order chi connectivity index (χ0) is 18.6. The lowest BCUT2D eigenvalue weighted by atomic mass is 10.2. The number of thiocarbonyl (C=S) groups is 1. The molecule has 1 fully saturated rings. The van der Waals surface area contributed by atoms with Crippen LogP contribution in [-0.4, -0.2) is 27.7 Å². The smallest absolute Gasteiger partial charge is 0.173 e. The Morgan fingerprint density at radius 1 is 1.15 bits per heavy atom. The van der Waals surface area contributed by atoms with E-state index in [0.717, 1.165) is 41.8 Å². The van der Waals surface area contributed by atoms with Gasteiger partial charge in [0.15, 0.2) is 5.11 Å². The molecule has 4 rings (SSSR count). The SMILES string of the molecule is Fc1ccc(N(C(=S)NCCc2nc3ccccc3[nH]2)C2CCCC2)cc1. The van der Waals surface area contributed by atoms with Crippen LogP contribution in [0.25, 0.3) is 11.0 Å². The average Bonchev–Trinajstić information content (AvgIpc) is 3.33. The predicted octanol–water partition coefficient (Wildman–Crippen LogP) is 4.57. The van der Waals surface area contributed by atoms with Crippen molar-refractivity contribution in [2.45, 2.75) is 38.1 Å². The van der Waals surface area contributed by atoms with E-state index in [1.807, 2.05) is 24.3 Å². The second-order valence-corrected chi connectivity index (χ2v) is 7.35. The van der Waals surface area contributed by atoms with Crippen LogP contribution in [0.1, 0.15) is 31.5 Å². The molecule has 0 bridgehead atoms. The fraction of sp³-hybridized carbons (Fsp3) is 0.333. The third kappa shape index (κ3) is 4.11. The lowest BCUT2D eigenvalue weighted by Crippen LogP contribution is -2.46. The van der Waals surface area contributed by atoms with E-state index in [9.17, 15) is 4.39 Å². The molecule has 0 amide bonds. The first kappa shape index (κ1) is 17.9. The molecular formula is C21H23FN4S. The van der Waals surface area contributed by atoms with Gasteiger partial charge >= 0.3 is 0 Å². The molecule has 0 saturated heterocycles. The predicted molar refractivity (Wildman–Crippen MR) is 112 cm³/mol. The molecule has 0 aliphatic heterocycles. The maximum Gasteiger partial charge on any atom is 0.173 e. The highest BCUT2D eigenvalue weighted by Gasteiger charge is 2.26. The summed E-state index contributed by atoms with van der Waals surface area (Å²) < 4.78 is 13.3. The van der Waals surface area contributed by atoms with Gasteiger partial charge < -0.3 is 15.2 Å². The minimum absolute atomic E-state index is 0.228. The van der Waals surface area contributed by atoms with Gasteiger partial charge in [0.25, 0.3) is 0 Å². The van der Waals surface area contributed by atoms with Crippen molar-refractivity contribution in [3.63, 3.8) is 0 Å². The van der Waals surface area contributed by atoms with Crippen LogP contribution in [0.3, 0.4) is 0 Å². The van der Waals surface area contributed by atoms with Crippen LogP contribution in [0, 0.1) is 5.82 Å². The Morgan fingerprint density at radius 3 is 2.63 bits per heavy atom. The van der Waals surface area contributed by atoms with E-state index in [1.54, 1.807) is 12.1 Å². The van der Waals surface area contributed by atoms with Gasteiger partial charge in [-0.3, -0.25) is 0 Å². The number of para-hydroxylation sites is 2. The summed E-state index contributed by atoms with van der Waals surface area (Å²) in [6.07, 6.45) is 5.41. The molecule has 1 heterocycles. The first-order valence-corrected chi connectivity index (χ1v) is 9.88. The van der Waals surface area contributed by atoms with Crippen molar-refractivity contribution >= 4 is 34.1 Å². The van der Waals surface area contributed by atoms with E-state index >= 15 is 0 Å². The summed E-state index contributed by atoms with van der Waals surface area (Å²) in [5.74, 6) is 0.717. The molecule has 1 aromatic heterocycles. The summed E-state index contributed by atoms with van der Waals surface area (Å²) in [4.78, 5) is 10.1. The number of imidazole rings is 1. The molecule has 27 heavy (non-hydrogen) atoms. The summed E-state index contributed by atoms with van der Waals surface area (Å²) in [7, 11) is 0. The molecule has 1 aliphatic rings. The van der Waals surface area contributed by atoms with E-state index in [-0.39, 0.29) is 5.82 Å². The Morgan fingerprint density at radius 2 is 1.89 bits per heavy atom. The highest BCUT2D eigenvalue weighted by Crippen LogP contribution is 2.28. The van der Waals surface area contributed by atoms with Gasteiger partial charge in [-0.2, -0.15) is 0 Å². The maximum absolute atomic E-state index is 13.3. The molecule has 3 aromatic rings. The first-order chi connectivity index (χ1) is 13.2. The second-order valence-electron chi connectivity index (χ2n) is 6.97. The van der Waals surface area contributed by atoms with E-state index in [2.05, 4.69) is 20.2 Å². The van der Waals surface area contributed by atoms with Crippen LogP contribution in [0.2, 0.25) is 0 Å². The molecule has 1 saturated carbocycles. The van der Waals surface area contributed by atoms with E-state index in [4.69, 9.17) is 12.2 Å². The fourth-order valence-corrected chi connectivity index (χ4v) is 4.11. The van der Waals surface area contributed by atoms with Gasteiger partial charge in [0.1, 0.15) is 11.6 Å². The van der Waals surface area contributed by atoms with Crippen LogP contribution in [0.5, 0.6) is 0 Å². The number of rotatable bonds is 5. The summed E-state index contributed by atoms with van der Waals surface area (Å²) in [6, 6.07) is 15.0. The molecule has 6 heteroatoms. The normalized spacial score (nSPS) is 14.6. The summed E-state index contributed by atoms with van der Waals surface area (Å²) >= 11 is 5.70. The number of anilines is 1. The Kier molecular flexibility index (Phi) is 5.34.